The highest BCUT2D eigenvalue weighted by Crippen LogP contribution is 2.30. The van der Waals surface area contributed by atoms with Gasteiger partial charge in [0.15, 0.2) is 5.78 Å². The molecule has 0 aromatic heterocycles. The summed E-state index contributed by atoms with van der Waals surface area (Å²) in [6.45, 7) is 3.11. The Hall–Kier alpha value is -2.80. The highest BCUT2D eigenvalue weighted by atomic mass is 19.1. The largest absolute Gasteiger partial charge is 0.492 e. The number of piperidine rings is 1. The minimum atomic E-state index is -0.767. The van der Waals surface area contributed by atoms with Crippen LogP contribution in [0.15, 0.2) is 42.5 Å². The van der Waals surface area contributed by atoms with E-state index in [0.29, 0.717) is 25.4 Å². The summed E-state index contributed by atoms with van der Waals surface area (Å²) in [5, 5.41) is 3.27. The first-order chi connectivity index (χ1) is 18.0. The number of nitrogens with one attached hydrogen (secondary N) is 1. The molecule has 2 aromatic carbocycles. The average molecular weight is 511 g/mol. The molecule has 198 valence electrons. The molecule has 1 aliphatic carbocycles. The molecule has 5 nitrogen and oxygen atoms in total. The van der Waals surface area contributed by atoms with Crippen LogP contribution in [0.25, 0.3) is 0 Å². The number of hydrogen-bond acceptors (Lipinski definition) is 4. The van der Waals surface area contributed by atoms with Gasteiger partial charge in [0.05, 0.1) is 11.5 Å². The second-order valence-electron chi connectivity index (χ2n) is 10.9. The molecule has 2 fully saturated rings. The standard InChI is InChI=1S/C30H36F2N2O3/c31-24-7-10-26(27(32)18-24)29(35)21-12-15-34(16-13-21)14-11-20-5-8-25(9-6-20)33-30(36)23-17-22-3-1-2-4-28(22)37-19-23/h1-4,7,10,18,20-21,23,25H,5-6,8-9,11-17,19H2,(H,33,36)/t20?,23-,25?/m1/s1. The van der Waals surface area contributed by atoms with E-state index in [9.17, 15) is 18.4 Å². The van der Waals surface area contributed by atoms with Gasteiger partial charge >= 0.3 is 0 Å². The van der Waals surface area contributed by atoms with Crippen LogP contribution in [-0.4, -0.2) is 48.9 Å². The molecule has 1 saturated heterocycles. The van der Waals surface area contributed by atoms with E-state index >= 15 is 0 Å². The molecule has 1 saturated carbocycles. The molecule has 1 amide bonds. The highest BCUT2D eigenvalue weighted by molar-refractivity contribution is 5.98. The Labute approximate surface area is 217 Å². The number of ether oxygens (including phenoxy) is 1. The fraction of sp³-hybridized carbons (Fsp3) is 0.533. The molecule has 2 heterocycles. The Bertz CT molecular complexity index is 1110. The Balaban J connectivity index is 0.994. The Morgan fingerprint density at radius 2 is 1.70 bits per heavy atom. The van der Waals surface area contributed by atoms with Crippen molar-refractivity contribution in [3.63, 3.8) is 0 Å². The van der Waals surface area contributed by atoms with Crippen LogP contribution in [0.2, 0.25) is 0 Å². The van der Waals surface area contributed by atoms with Crippen molar-refractivity contribution >= 4 is 11.7 Å². The van der Waals surface area contributed by atoms with E-state index in [1.54, 1.807) is 0 Å². The van der Waals surface area contributed by atoms with Gasteiger partial charge in [0.2, 0.25) is 5.91 Å². The van der Waals surface area contributed by atoms with Gasteiger partial charge in [-0.05, 0) is 101 Å². The van der Waals surface area contributed by atoms with Crippen LogP contribution in [0.1, 0.15) is 60.9 Å². The molecule has 2 aliphatic heterocycles. The normalized spacial score (nSPS) is 24.6. The third-order valence-corrected chi connectivity index (χ3v) is 8.45. The van der Waals surface area contributed by atoms with Crippen molar-refractivity contribution in [2.45, 2.75) is 57.4 Å². The van der Waals surface area contributed by atoms with Gasteiger partial charge in [-0.25, -0.2) is 8.78 Å². The van der Waals surface area contributed by atoms with Crippen LogP contribution in [0.3, 0.4) is 0 Å². The predicted molar refractivity (Wildman–Crippen MR) is 137 cm³/mol. The summed E-state index contributed by atoms with van der Waals surface area (Å²) in [6, 6.07) is 11.4. The van der Waals surface area contributed by atoms with Crippen molar-refractivity contribution in [2.24, 2.45) is 17.8 Å². The second-order valence-corrected chi connectivity index (χ2v) is 10.9. The number of para-hydroxylation sites is 1. The van der Waals surface area contributed by atoms with Crippen molar-refractivity contribution in [3.05, 3.63) is 65.2 Å². The summed E-state index contributed by atoms with van der Waals surface area (Å²) in [4.78, 5) is 27.9. The number of likely N-dealkylation sites (tertiary alicyclic amines) is 1. The molecule has 0 unspecified atom stereocenters. The molecule has 2 aromatic rings. The molecule has 1 atom stereocenters. The fourth-order valence-electron chi connectivity index (χ4n) is 6.10. The van der Waals surface area contributed by atoms with Crippen molar-refractivity contribution in [2.75, 3.05) is 26.2 Å². The van der Waals surface area contributed by atoms with E-state index in [1.165, 1.54) is 6.07 Å². The molecule has 0 radical (unpaired) electrons. The van der Waals surface area contributed by atoms with Gasteiger partial charge in [-0.1, -0.05) is 18.2 Å². The number of ketones is 1. The molecular formula is C30H36F2N2O3. The van der Waals surface area contributed by atoms with Crippen LogP contribution >= 0.6 is 0 Å². The van der Waals surface area contributed by atoms with Gasteiger partial charge in [0.1, 0.15) is 24.0 Å². The summed E-state index contributed by atoms with van der Waals surface area (Å²) in [5.41, 5.74) is 1.11. The lowest BCUT2D eigenvalue weighted by Crippen LogP contribution is -2.44. The van der Waals surface area contributed by atoms with E-state index in [0.717, 1.165) is 81.6 Å². The molecule has 0 bridgehead atoms. The van der Waals surface area contributed by atoms with Crippen LogP contribution in [0.4, 0.5) is 8.78 Å². The van der Waals surface area contributed by atoms with E-state index in [-0.39, 0.29) is 35.1 Å². The van der Waals surface area contributed by atoms with Crippen LogP contribution in [-0.2, 0) is 11.2 Å². The van der Waals surface area contributed by atoms with Gasteiger partial charge in [0, 0.05) is 18.0 Å². The lowest BCUT2D eigenvalue weighted by atomic mass is 9.83. The monoisotopic (exact) mass is 510 g/mol. The van der Waals surface area contributed by atoms with Gasteiger partial charge < -0.3 is 15.0 Å². The first-order valence-corrected chi connectivity index (χ1v) is 13.7. The van der Waals surface area contributed by atoms with E-state index in [1.807, 2.05) is 24.3 Å². The fourth-order valence-corrected chi connectivity index (χ4v) is 6.10. The summed E-state index contributed by atoms with van der Waals surface area (Å²) >= 11 is 0. The minimum Gasteiger partial charge on any atom is -0.492 e. The van der Waals surface area contributed by atoms with Crippen LogP contribution in [0, 0.1) is 29.4 Å². The number of benzene rings is 2. The number of carbonyl (C=O) groups is 2. The molecule has 0 spiro atoms. The maximum absolute atomic E-state index is 14.0. The van der Waals surface area contributed by atoms with Crippen molar-refractivity contribution in [1.29, 1.82) is 0 Å². The third kappa shape index (κ3) is 6.38. The smallest absolute Gasteiger partial charge is 0.227 e. The lowest BCUT2D eigenvalue weighted by Gasteiger charge is -2.34. The maximum Gasteiger partial charge on any atom is 0.227 e. The zero-order valence-corrected chi connectivity index (χ0v) is 21.3. The summed E-state index contributed by atoms with van der Waals surface area (Å²) < 4.78 is 33.0. The zero-order valence-electron chi connectivity index (χ0n) is 21.3. The first kappa shape index (κ1) is 25.8. The van der Waals surface area contributed by atoms with Crippen molar-refractivity contribution in [1.82, 2.24) is 10.2 Å². The number of rotatable bonds is 7. The molecular weight excluding hydrogens is 474 g/mol. The van der Waals surface area contributed by atoms with Crippen LogP contribution in [0.5, 0.6) is 5.75 Å². The topological polar surface area (TPSA) is 58.6 Å². The minimum absolute atomic E-state index is 0.00419. The Kier molecular flexibility index (Phi) is 8.18. The molecule has 5 rings (SSSR count). The quantitative estimate of drug-likeness (QED) is 0.522. The molecule has 3 aliphatic rings. The van der Waals surface area contributed by atoms with Crippen molar-refractivity contribution < 1.29 is 23.1 Å². The summed E-state index contributed by atoms with van der Waals surface area (Å²) in [7, 11) is 0. The van der Waals surface area contributed by atoms with E-state index < -0.39 is 11.6 Å². The number of amides is 1. The van der Waals surface area contributed by atoms with Crippen molar-refractivity contribution in [3.8, 4) is 5.75 Å². The number of carbonyl (C=O) groups excluding carboxylic acids is 2. The Morgan fingerprint density at radius 1 is 0.946 bits per heavy atom. The van der Waals surface area contributed by atoms with Gasteiger partial charge in [-0.2, -0.15) is 0 Å². The zero-order chi connectivity index (χ0) is 25.8. The van der Waals surface area contributed by atoms with Gasteiger partial charge in [-0.3, -0.25) is 9.59 Å². The maximum atomic E-state index is 14.0. The first-order valence-electron chi connectivity index (χ1n) is 13.7. The number of Topliss-reactive ketones (excluding diaryl/α,β-unsaturated/α-hetero) is 1. The van der Waals surface area contributed by atoms with Gasteiger partial charge in [0.25, 0.3) is 0 Å². The number of hydrogen-bond donors (Lipinski definition) is 1. The van der Waals surface area contributed by atoms with E-state index in [2.05, 4.69) is 10.2 Å². The summed E-state index contributed by atoms with van der Waals surface area (Å²) in [5.74, 6) is -0.296. The SMILES string of the molecule is O=C(c1ccc(F)cc1F)C1CCN(CCC2CCC(NC(=O)[C@H]3COc4ccccc4C3)CC2)CC1. The lowest BCUT2D eigenvalue weighted by molar-refractivity contribution is -0.127. The molecule has 7 heteroatoms. The molecule has 1 N–H and O–H groups in total. The Morgan fingerprint density at radius 3 is 2.46 bits per heavy atom. The predicted octanol–water partition coefficient (Wildman–Crippen LogP) is 5.18. The molecule has 37 heavy (non-hydrogen) atoms. The van der Waals surface area contributed by atoms with Gasteiger partial charge in [-0.15, -0.1) is 0 Å². The number of halogens is 2. The van der Waals surface area contributed by atoms with E-state index in [4.69, 9.17) is 4.74 Å². The summed E-state index contributed by atoms with van der Waals surface area (Å²) in [6.07, 6.45) is 7.55. The second kappa shape index (κ2) is 11.7. The third-order valence-electron chi connectivity index (χ3n) is 8.45. The number of fused-ring (bicyclic) bond motifs is 1. The highest BCUT2D eigenvalue weighted by Gasteiger charge is 2.30. The van der Waals surface area contributed by atoms with Crippen LogP contribution < -0.4 is 10.1 Å². The number of nitrogens with zero attached hydrogens (tertiary/aromatic N) is 1. The average Bonchev–Trinajstić information content (AvgIpc) is 2.92.